The summed E-state index contributed by atoms with van der Waals surface area (Å²) in [6.07, 6.45) is 5.77. The summed E-state index contributed by atoms with van der Waals surface area (Å²) in [6.45, 7) is 4.33. The first-order valence-corrected chi connectivity index (χ1v) is 10.9. The van der Waals surface area contributed by atoms with E-state index in [4.69, 9.17) is 0 Å². The van der Waals surface area contributed by atoms with Crippen molar-refractivity contribution >= 4 is 21.5 Å². The van der Waals surface area contributed by atoms with Crippen LogP contribution >= 0.6 is 0 Å². The normalized spacial score (nSPS) is 18.7. The van der Waals surface area contributed by atoms with Crippen LogP contribution < -0.4 is 9.62 Å². The average molecular weight is 372 g/mol. The summed E-state index contributed by atoms with van der Waals surface area (Å²) >= 11 is 0. The van der Waals surface area contributed by atoms with Crippen molar-refractivity contribution in [2.75, 3.05) is 42.1 Å². The lowest BCUT2D eigenvalue weighted by Gasteiger charge is -2.35. The molecule has 6 nitrogen and oxygen atoms in total. The van der Waals surface area contributed by atoms with Gasteiger partial charge < -0.3 is 4.90 Å². The van der Waals surface area contributed by atoms with Gasteiger partial charge in [0.1, 0.15) is 5.82 Å². The minimum absolute atomic E-state index is 0.564. The van der Waals surface area contributed by atoms with Crippen molar-refractivity contribution < 1.29 is 8.42 Å². The van der Waals surface area contributed by atoms with E-state index in [1.807, 2.05) is 18.3 Å². The summed E-state index contributed by atoms with van der Waals surface area (Å²) in [4.78, 5) is 9.59. The lowest BCUT2D eigenvalue weighted by molar-refractivity contribution is 0.247. The number of sulfonamides is 1. The Bertz CT molecular complexity index is 853. The molecule has 1 aliphatic heterocycles. The fourth-order valence-electron chi connectivity index (χ4n) is 3.44. The predicted molar refractivity (Wildman–Crippen MR) is 105 cm³/mol. The van der Waals surface area contributed by atoms with Crippen LogP contribution in [0.4, 0.5) is 11.5 Å². The molecule has 138 valence electrons. The van der Waals surface area contributed by atoms with Crippen molar-refractivity contribution in [1.29, 1.82) is 0 Å². The van der Waals surface area contributed by atoms with Crippen molar-refractivity contribution in [2.45, 2.75) is 18.9 Å². The van der Waals surface area contributed by atoms with Crippen LogP contribution in [0.2, 0.25) is 0 Å². The maximum absolute atomic E-state index is 11.3. The van der Waals surface area contributed by atoms with Crippen LogP contribution in [-0.2, 0) is 10.0 Å². The third kappa shape index (κ3) is 4.16. The minimum atomic E-state index is -3.25. The molecule has 0 spiro atoms. The molecule has 1 aromatic carbocycles. The van der Waals surface area contributed by atoms with Gasteiger partial charge in [0.25, 0.3) is 0 Å². The number of nitrogens with one attached hydrogen (secondary N) is 1. The Morgan fingerprint density at radius 1 is 0.962 bits per heavy atom. The van der Waals surface area contributed by atoms with Crippen LogP contribution in [0.25, 0.3) is 11.1 Å². The first-order chi connectivity index (χ1) is 12.5. The fourth-order valence-corrected chi connectivity index (χ4v) is 4.01. The molecule has 0 radical (unpaired) electrons. The second kappa shape index (κ2) is 6.89. The molecule has 0 atom stereocenters. The second-order valence-electron chi connectivity index (χ2n) is 7.11. The largest absolute Gasteiger partial charge is 0.354 e. The Hall–Kier alpha value is -2.12. The molecule has 2 aliphatic rings. The standard InChI is InChI=1S/C19H24N4O2S/c1-26(24,25)21-17-5-2-15(3-6-17)16-4-9-19(20-14-16)23-12-10-22(11-13-23)18-7-8-18/h2-6,9,14,18,21H,7-8,10-13H2,1H3. The quantitative estimate of drug-likeness (QED) is 0.873. The first kappa shape index (κ1) is 17.3. The zero-order valence-corrected chi connectivity index (χ0v) is 15.7. The van der Waals surface area contributed by atoms with Gasteiger partial charge in [0.05, 0.1) is 6.26 Å². The molecule has 7 heteroatoms. The maximum Gasteiger partial charge on any atom is 0.229 e. The summed E-state index contributed by atoms with van der Waals surface area (Å²) < 4.78 is 25.0. The van der Waals surface area contributed by atoms with Gasteiger partial charge in [0, 0.05) is 49.7 Å². The number of aromatic nitrogens is 1. The molecule has 1 saturated heterocycles. The zero-order valence-electron chi connectivity index (χ0n) is 14.9. The van der Waals surface area contributed by atoms with Crippen LogP contribution in [0.3, 0.4) is 0 Å². The highest BCUT2D eigenvalue weighted by Gasteiger charge is 2.31. The molecule has 0 amide bonds. The number of benzene rings is 1. The molecule has 0 bridgehead atoms. The summed E-state index contributed by atoms with van der Waals surface area (Å²) in [5.41, 5.74) is 2.60. The van der Waals surface area contributed by atoms with Gasteiger partial charge in [-0.1, -0.05) is 12.1 Å². The van der Waals surface area contributed by atoms with E-state index < -0.39 is 10.0 Å². The topological polar surface area (TPSA) is 65.5 Å². The monoisotopic (exact) mass is 372 g/mol. The van der Waals surface area contributed by atoms with E-state index in [9.17, 15) is 8.42 Å². The van der Waals surface area contributed by atoms with Gasteiger partial charge in [-0.05, 0) is 42.7 Å². The Morgan fingerprint density at radius 2 is 1.62 bits per heavy atom. The van der Waals surface area contributed by atoms with Crippen molar-refractivity contribution in [3.05, 3.63) is 42.6 Å². The smallest absolute Gasteiger partial charge is 0.229 e. The van der Waals surface area contributed by atoms with Gasteiger partial charge in [0.2, 0.25) is 10.0 Å². The molecule has 0 unspecified atom stereocenters. The summed E-state index contributed by atoms with van der Waals surface area (Å²) in [7, 11) is -3.25. The Morgan fingerprint density at radius 3 is 2.15 bits per heavy atom. The Balaban J connectivity index is 1.41. The van der Waals surface area contributed by atoms with Crippen molar-refractivity contribution in [2.24, 2.45) is 0 Å². The van der Waals surface area contributed by atoms with E-state index in [1.165, 1.54) is 12.8 Å². The maximum atomic E-state index is 11.3. The highest BCUT2D eigenvalue weighted by atomic mass is 32.2. The van der Waals surface area contributed by atoms with Crippen LogP contribution in [0.15, 0.2) is 42.6 Å². The molecular formula is C19H24N4O2S. The van der Waals surface area contributed by atoms with E-state index in [0.29, 0.717) is 5.69 Å². The summed E-state index contributed by atoms with van der Waals surface area (Å²) in [6, 6.07) is 12.3. The highest BCUT2D eigenvalue weighted by molar-refractivity contribution is 7.92. The number of rotatable bonds is 5. The summed E-state index contributed by atoms with van der Waals surface area (Å²) in [5, 5.41) is 0. The van der Waals surface area contributed by atoms with Crippen LogP contribution in [-0.4, -0.2) is 56.8 Å². The van der Waals surface area contributed by atoms with E-state index in [0.717, 1.165) is 55.4 Å². The Labute approximate surface area is 154 Å². The molecule has 2 aromatic rings. The van der Waals surface area contributed by atoms with Crippen LogP contribution in [0.1, 0.15) is 12.8 Å². The van der Waals surface area contributed by atoms with Gasteiger partial charge in [-0.3, -0.25) is 9.62 Å². The molecular weight excluding hydrogens is 348 g/mol. The molecule has 2 fully saturated rings. The lowest BCUT2D eigenvalue weighted by Crippen LogP contribution is -2.47. The third-order valence-electron chi connectivity index (χ3n) is 4.97. The van der Waals surface area contributed by atoms with Gasteiger partial charge in [-0.15, -0.1) is 0 Å². The zero-order chi connectivity index (χ0) is 18.1. The van der Waals surface area contributed by atoms with E-state index >= 15 is 0 Å². The van der Waals surface area contributed by atoms with Crippen LogP contribution in [0.5, 0.6) is 0 Å². The van der Waals surface area contributed by atoms with E-state index in [-0.39, 0.29) is 0 Å². The third-order valence-corrected chi connectivity index (χ3v) is 5.58. The summed E-state index contributed by atoms with van der Waals surface area (Å²) in [5.74, 6) is 1.03. The SMILES string of the molecule is CS(=O)(=O)Nc1ccc(-c2ccc(N3CCN(C4CC4)CC3)nc2)cc1. The second-order valence-corrected chi connectivity index (χ2v) is 8.86. The number of nitrogens with zero attached hydrogens (tertiary/aromatic N) is 3. The molecule has 2 heterocycles. The van der Waals surface area contributed by atoms with Crippen LogP contribution in [0, 0.1) is 0 Å². The number of pyridine rings is 1. The molecule has 4 rings (SSSR count). The van der Waals surface area contributed by atoms with Crippen molar-refractivity contribution in [1.82, 2.24) is 9.88 Å². The van der Waals surface area contributed by atoms with Crippen molar-refractivity contribution in [3.8, 4) is 11.1 Å². The number of hydrogen-bond acceptors (Lipinski definition) is 5. The molecule has 1 saturated carbocycles. The predicted octanol–water partition coefficient (Wildman–Crippen LogP) is 2.40. The molecule has 1 aliphatic carbocycles. The fraction of sp³-hybridized carbons (Fsp3) is 0.421. The van der Waals surface area contributed by atoms with Gasteiger partial charge in [0.15, 0.2) is 0 Å². The number of hydrogen-bond donors (Lipinski definition) is 1. The van der Waals surface area contributed by atoms with Crippen molar-refractivity contribution in [3.63, 3.8) is 0 Å². The average Bonchev–Trinajstić information content (AvgIpc) is 3.47. The highest BCUT2D eigenvalue weighted by Crippen LogP contribution is 2.28. The molecule has 26 heavy (non-hydrogen) atoms. The van der Waals surface area contributed by atoms with Gasteiger partial charge in [-0.25, -0.2) is 13.4 Å². The number of anilines is 2. The first-order valence-electron chi connectivity index (χ1n) is 9.01. The van der Waals surface area contributed by atoms with Gasteiger partial charge >= 0.3 is 0 Å². The molecule has 1 aromatic heterocycles. The minimum Gasteiger partial charge on any atom is -0.354 e. The Kier molecular flexibility index (Phi) is 4.58. The van der Waals surface area contributed by atoms with E-state index in [1.54, 1.807) is 12.1 Å². The molecule has 1 N–H and O–H groups in total. The number of piperazine rings is 1. The van der Waals surface area contributed by atoms with E-state index in [2.05, 4.69) is 31.6 Å². The van der Waals surface area contributed by atoms with Gasteiger partial charge in [-0.2, -0.15) is 0 Å². The lowest BCUT2D eigenvalue weighted by atomic mass is 10.1.